The van der Waals surface area contributed by atoms with Crippen LogP contribution in [0.15, 0.2) is 209 Å². The molecule has 0 aliphatic heterocycles. The molecule has 9 aromatic carbocycles. The number of furan rings is 2. The van der Waals surface area contributed by atoms with Crippen molar-refractivity contribution in [3.8, 4) is 33.4 Å². The van der Waals surface area contributed by atoms with E-state index in [2.05, 4.69) is 187 Å². The summed E-state index contributed by atoms with van der Waals surface area (Å²) in [5, 5.41) is 6.60. The Kier molecular flexibility index (Phi) is 7.17. The number of hydrogen-bond acceptors (Lipinski definition) is 3. The van der Waals surface area contributed by atoms with Gasteiger partial charge in [0.2, 0.25) is 0 Å². The van der Waals surface area contributed by atoms with Crippen molar-refractivity contribution in [1.82, 2.24) is 0 Å². The second-order valence-corrected chi connectivity index (χ2v) is 14.1. The molecule has 11 aromatic rings. The molecular weight excluding hydrogens is 671 g/mol. The van der Waals surface area contributed by atoms with Gasteiger partial charge in [0.05, 0.1) is 0 Å². The van der Waals surface area contributed by atoms with Crippen LogP contribution in [-0.4, -0.2) is 0 Å². The van der Waals surface area contributed by atoms with Crippen LogP contribution >= 0.6 is 0 Å². The van der Waals surface area contributed by atoms with E-state index in [0.29, 0.717) is 0 Å². The van der Waals surface area contributed by atoms with Crippen LogP contribution in [0.3, 0.4) is 0 Å². The normalized spacial score (nSPS) is 11.6. The molecule has 0 aliphatic carbocycles. The molecule has 11 rings (SSSR count). The highest BCUT2D eigenvalue weighted by atomic mass is 16.3. The largest absolute Gasteiger partial charge is 0.456 e. The third kappa shape index (κ3) is 5.20. The third-order valence-corrected chi connectivity index (χ3v) is 10.9. The summed E-state index contributed by atoms with van der Waals surface area (Å²) in [6.07, 6.45) is 0. The molecule has 2 heterocycles. The van der Waals surface area contributed by atoms with E-state index in [1.54, 1.807) is 0 Å². The molecule has 0 fully saturated rings. The molecule has 0 saturated heterocycles. The number of rotatable bonds is 6. The molecule has 0 atom stereocenters. The molecule has 0 N–H and O–H groups in total. The summed E-state index contributed by atoms with van der Waals surface area (Å²) in [4.78, 5) is 2.37. The smallest absolute Gasteiger partial charge is 0.143 e. The first-order valence-electron chi connectivity index (χ1n) is 18.7. The Morgan fingerprint density at radius 3 is 1.51 bits per heavy atom. The molecule has 0 radical (unpaired) electrons. The molecule has 55 heavy (non-hydrogen) atoms. The molecule has 2 aromatic heterocycles. The van der Waals surface area contributed by atoms with E-state index in [4.69, 9.17) is 8.83 Å². The average molecular weight is 704 g/mol. The van der Waals surface area contributed by atoms with Crippen molar-refractivity contribution < 1.29 is 8.83 Å². The summed E-state index contributed by atoms with van der Waals surface area (Å²) in [7, 11) is 0. The lowest BCUT2D eigenvalue weighted by Gasteiger charge is -2.27. The highest BCUT2D eigenvalue weighted by molar-refractivity contribution is 6.27. The number of nitrogens with zero attached hydrogens (tertiary/aromatic N) is 1. The monoisotopic (exact) mass is 703 g/mol. The standard InChI is InChI=1S/C52H33NO2/c1-3-12-34(13-4-1)36-22-26-39(27-23-36)53(40-28-24-37(25-29-40)35-14-5-2-6-15-35)41-32-45(43-20-11-17-38-16-7-8-18-42(38)43)52-46(33-41)51-49(55-52)31-30-48-50(51)44-19-9-10-21-47(44)54-48/h1-33H. The fraction of sp³-hybridized carbons (Fsp3) is 0. The van der Waals surface area contributed by atoms with Crippen LogP contribution in [0.5, 0.6) is 0 Å². The Morgan fingerprint density at radius 1 is 0.309 bits per heavy atom. The van der Waals surface area contributed by atoms with Crippen molar-refractivity contribution in [1.29, 1.82) is 0 Å². The first-order valence-corrected chi connectivity index (χ1v) is 18.7. The fourth-order valence-electron chi connectivity index (χ4n) is 8.27. The zero-order chi connectivity index (χ0) is 36.3. The van der Waals surface area contributed by atoms with Crippen LogP contribution < -0.4 is 4.90 Å². The average Bonchev–Trinajstić information content (AvgIpc) is 3.83. The van der Waals surface area contributed by atoms with E-state index in [0.717, 1.165) is 72.1 Å². The molecule has 0 bridgehead atoms. The Hall–Kier alpha value is -7.36. The third-order valence-electron chi connectivity index (χ3n) is 10.9. The van der Waals surface area contributed by atoms with Gasteiger partial charge in [-0.3, -0.25) is 0 Å². The number of benzene rings is 9. The van der Waals surface area contributed by atoms with Crippen LogP contribution in [-0.2, 0) is 0 Å². The zero-order valence-corrected chi connectivity index (χ0v) is 29.8. The summed E-state index contributed by atoms with van der Waals surface area (Å²) >= 11 is 0. The SMILES string of the molecule is c1ccc(-c2ccc(N(c3ccc(-c4ccccc4)cc3)c3cc(-c4cccc5ccccc45)c4oc5ccc6oc7ccccc7c6c5c4c3)cc2)cc1. The first-order chi connectivity index (χ1) is 27.3. The zero-order valence-electron chi connectivity index (χ0n) is 29.8. The van der Waals surface area contributed by atoms with Gasteiger partial charge in [-0.2, -0.15) is 0 Å². The van der Waals surface area contributed by atoms with E-state index < -0.39 is 0 Å². The van der Waals surface area contributed by atoms with E-state index in [-0.39, 0.29) is 0 Å². The van der Waals surface area contributed by atoms with Crippen molar-refractivity contribution in [2.75, 3.05) is 4.90 Å². The molecule has 258 valence electrons. The Labute approximate surface area is 317 Å². The van der Waals surface area contributed by atoms with E-state index in [9.17, 15) is 0 Å². The van der Waals surface area contributed by atoms with Gasteiger partial charge in [-0.1, -0.05) is 146 Å². The quantitative estimate of drug-likeness (QED) is 0.173. The van der Waals surface area contributed by atoms with Gasteiger partial charge in [0.25, 0.3) is 0 Å². The number of para-hydroxylation sites is 1. The Morgan fingerprint density at radius 2 is 0.836 bits per heavy atom. The number of fused-ring (bicyclic) bond motifs is 8. The molecular formula is C52H33NO2. The predicted octanol–water partition coefficient (Wildman–Crippen LogP) is 15.1. The summed E-state index contributed by atoms with van der Waals surface area (Å²) in [5.74, 6) is 0. The number of anilines is 3. The van der Waals surface area contributed by atoms with Crippen molar-refractivity contribution in [2.45, 2.75) is 0 Å². The van der Waals surface area contributed by atoms with Crippen molar-refractivity contribution >= 4 is 71.7 Å². The molecule has 0 amide bonds. The van der Waals surface area contributed by atoms with Gasteiger partial charge in [0.15, 0.2) is 0 Å². The van der Waals surface area contributed by atoms with E-state index in [1.807, 2.05) is 18.2 Å². The van der Waals surface area contributed by atoms with Crippen molar-refractivity contribution in [2.24, 2.45) is 0 Å². The van der Waals surface area contributed by atoms with Gasteiger partial charge in [-0.25, -0.2) is 0 Å². The molecule has 0 aliphatic rings. The Balaban J connectivity index is 1.21. The highest BCUT2D eigenvalue weighted by Gasteiger charge is 2.23. The molecule has 3 nitrogen and oxygen atoms in total. The fourth-order valence-corrected chi connectivity index (χ4v) is 8.27. The van der Waals surface area contributed by atoms with Crippen LogP contribution in [0.1, 0.15) is 0 Å². The summed E-state index contributed by atoms with van der Waals surface area (Å²) in [6.45, 7) is 0. The molecule has 0 spiro atoms. The lowest BCUT2D eigenvalue weighted by atomic mass is 9.95. The van der Waals surface area contributed by atoms with Crippen LogP contribution in [0.25, 0.3) is 88.0 Å². The number of hydrogen-bond donors (Lipinski definition) is 0. The van der Waals surface area contributed by atoms with Gasteiger partial charge in [-0.05, 0) is 93.2 Å². The molecule has 3 heteroatoms. The Bertz CT molecular complexity index is 3090. The van der Waals surface area contributed by atoms with Crippen LogP contribution in [0, 0.1) is 0 Å². The minimum atomic E-state index is 0.832. The van der Waals surface area contributed by atoms with Gasteiger partial charge < -0.3 is 13.7 Å². The summed E-state index contributed by atoms with van der Waals surface area (Å²) in [5.41, 5.74) is 13.4. The molecule has 0 unspecified atom stereocenters. The van der Waals surface area contributed by atoms with Gasteiger partial charge in [0.1, 0.15) is 22.3 Å². The van der Waals surface area contributed by atoms with Crippen molar-refractivity contribution in [3.63, 3.8) is 0 Å². The van der Waals surface area contributed by atoms with Crippen molar-refractivity contribution in [3.05, 3.63) is 200 Å². The predicted molar refractivity (Wildman–Crippen MR) is 229 cm³/mol. The minimum absolute atomic E-state index is 0.832. The summed E-state index contributed by atoms with van der Waals surface area (Å²) in [6, 6.07) is 70.9. The second kappa shape index (κ2) is 12.6. The van der Waals surface area contributed by atoms with E-state index >= 15 is 0 Å². The van der Waals surface area contributed by atoms with Crippen LogP contribution in [0.4, 0.5) is 17.1 Å². The lowest BCUT2D eigenvalue weighted by molar-refractivity contribution is 0.663. The van der Waals surface area contributed by atoms with Gasteiger partial charge >= 0.3 is 0 Å². The first kappa shape index (κ1) is 31.2. The van der Waals surface area contributed by atoms with Gasteiger partial charge in [0, 0.05) is 44.2 Å². The second-order valence-electron chi connectivity index (χ2n) is 14.1. The summed E-state index contributed by atoms with van der Waals surface area (Å²) < 4.78 is 13.3. The maximum atomic E-state index is 6.93. The highest BCUT2D eigenvalue weighted by Crippen LogP contribution is 2.47. The maximum Gasteiger partial charge on any atom is 0.143 e. The van der Waals surface area contributed by atoms with E-state index in [1.165, 1.54) is 33.0 Å². The topological polar surface area (TPSA) is 29.5 Å². The van der Waals surface area contributed by atoms with Gasteiger partial charge in [-0.15, -0.1) is 0 Å². The molecule has 0 saturated carbocycles. The minimum Gasteiger partial charge on any atom is -0.456 e. The lowest BCUT2D eigenvalue weighted by Crippen LogP contribution is -2.10. The maximum absolute atomic E-state index is 6.93. The van der Waals surface area contributed by atoms with Crippen LogP contribution in [0.2, 0.25) is 0 Å².